The van der Waals surface area contributed by atoms with E-state index >= 15 is 0 Å². The number of nitrogens with zero attached hydrogens (tertiary/aromatic N) is 2. The molecule has 0 N–H and O–H groups in total. The normalized spacial score (nSPS) is 11.2. The van der Waals surface area contributed by atoms with E-state index in [0.717, 1.165) is 22.4 Å². The Hall–Kier alpha value is -3.14. The second kappa shape index (κ2) is 5.20. The lowest BCUT2D eigenvalue weighted by Crippen LogP contribution is -1.92. The van der Waals surface area contributed by atoms with E-state index < -0.39 is 0 Å². The average molecular weight is 316 g/mol. The minimum absolute atomic E-state index is 0.0256. The van der Waals surface area contributed by atoms with Gasteiger partial charge in [0.25, 0.3) is 0 Å². The van der Waals surface area contributed by atoms with Crippen LogP contribution in [-0.2, 0) is 0 Å². The molecule has 0 aliphatic carbocycles. The second-order valence-electron chi connectivity index (χ2n) is 5.91. The molecule has 24 heavy (non-hydrogen) atoms. The number of hydrogen-bond acceptors (Lipinski definition) is 2. The van der Waals surface area contributed by atoms with Crippen molar-refractivity contribution < 1.29 is 9.59 Å². The van der Waals surface area contributed by atoms with Crippen LogP contribution < -0.4 is 0 Å². The summed E-state index contributed by atoms with van der Waals surface area (Å²) in [4.78, 5) is 24.0. The number of hydrogen-bond donors (Lipinski definition) is 0. The van der Waals surface area contributed by atoms with Gasteiger partial charge >= 0.3 is 0 Å². The molecule has 0 saturated heterocycles. The Morgan fingerprint density at radius 1 is 0.708 bits per heavy atom. The predicted octanol–water partition coefficient (Wildman–Crippen LogP) is 4.26. The van der Waals surface area contributed by atoms with Crippen LogP contribution in [0.2, 0.25) is 0 Å². The topological polar surface area (TPSA) is 43.0 Å². The third-order valence-electron chi connectivity index (χ3n) is 4.37. The number of carbonyl (C=O) groups excluding carboxylic acids is 2. The summed E-state index contributed by atoms with van der Waals surface area (Å²) in [5.74, 6) is 0.0511. The molecule has 4 heterocycles. The van der Waals surface area contributed by atoms with Gasteiger partial charge in [-0.25, -0.2) is 0 Å². The summed E-state index contributed by atoms with van der Waals surface area (Å²) < 4.78 is 3.99. The fourth-order valence-electron chi connectivity index (χ4n) is 3.26. The van der Waals surface area contributed by atoms with Gasteiger partial charge in [0.05, 0.1) is 22.4 Å². The zero-order valence-corrected chi connectivity index (χ0v) is 13.5. The quantitative estimate of drug-likeness (QED) is 0.530. The zero-order chi connectivity index (χ0) is 16.8. The van der Waals surface area contributed by atoms with Gasteiger partial charge in [-0.3, -0.25) is 9.59 Å². The molecular formula is C20H16N2O2. The maximum Gasteiger partial charge on any atom is 0.161 e. The van der Waals surface area contributed by atoms with Crippen molar-refractivity contribution in [3.8, 4) is 11.4 Å². The standard InChI is InChI=1S/C20H16N2O2/c1-13(23)15-11-19(21-9-5-3-7-17(15)21)20-12-16(14(2)24)18-8-4-6-10-22(18)20/h3-12H,1-2H3. The minimum atomic E-state index is 0.0256. The molecule has 118 valence electrons. The summed E-state index contributed by atoms with van der Waals surface area (Å²) in [7, 11) is 0. The van der Waals surface area contributed by atoms with Gasteiger partial charge in [-0.1, -0.05) is 12.1 Å². The van der Waals surface area contributed by atoms with Gasteiger partial charge < -0.3 is 8.80 Å². The van der Waals surface area contributed by atoms with Crippen molar-refractivity contribution in [2.45, 2.75) is 13.8 Å². The van der Waals surface area contributed by atoms with Crippen LogP contribution in [0.3, 0.4) is 0 Å². The number of pyridine rings is 2. The molecule has 0 amide bonds. The molecule has 4 rings (SSSR count). The Kier molecular flexibility index (Phi) is 3.13. The highest BCUT2D eigenvalue weighted by Gasteiger charge is 2.18. The molecule has 0 aliphatic heterocycles. The van der Waals surface area contributed by atoms with E-state index in [1.165, 1.54) is 0 Å². The highest BCUT2D eigenvalue weighted by atomic mass is 16.1. The zero-order valence-electron chi connectivity index (χ0n) is 13.5. The monoisotopic (exact) mass is 316 g/mol. The molecule has 0 saturated carbocycles. The van der Waals surface area contributed by atoms with Gasteiger partial charge in [0.15, 0.2) is 11.6 Å². The van der Waals surface area contributed by atoms with E-state index in [1.807, 2.05) is 69.7 Å². The lowest BCUT2D eigenvalue weighted by Gasteiger charge is -2.04. The SMILES string of the molecule is CC(=O)c1cc(-c2cc(C(C)=O)c3ccccn23)n2ccccc12. The van der Waals surface area contributed by atoms with Crippen LogP contribution in [-0.4, -0.2) is 20.4 Å². The molecule has 0 bridgehead atoms. The van der Waals surface area contributed by atoms with E-state index in [0.29, 0.717) is 11.1 Å². The van der Waals surface area contributed by atoms with Crippen LogP contribution in [0.25, 0.3) is 22.4 Å². The van der Waals surface area contributed by atoms with Gasteiger partial charge in [-0.2, -0.15) is 0 Å². The first-order chi connectivity index (χ1) is 11.6. The van der Waals surface area contributed by atoms with Crippen LogP contribution in [0.1, 0.15) is 34.6 Å². The lowest BCUT2D eigenvalue weighted by atomic mass is 10.1. The van der Waals surface area contributed by atoms with Crippen LogP contribution in [0.4, 0.5) is 0 Å². The van der Waals surface area contributed by atoms with Gasteiger partial charge in [0.2, 0.25) is 0 Å². The number of carbonyl (C=O) groups is 2. The van der Waals surface area contributed by atoms with Crippen LogP contribution in [0.15, 0.2) is 60.9 Å². The van der Waals surface area contributed by atoms with E-state index in [1.54, 1.807) is 13.8 Å². The smallest absolute Gasteiger partial charge is 0.161 e. The van der Waals surface area contributed by atoms with Crippen LogP contribution in [0, 0.1) is 0 Å². The van der Waals surface area contributed by atoms with Crippen molar-refractivity contribution in [3.05, 3.63) is 72.1 Å². The van der Waals surface area contributed by atoms with Crippen LogP contribution >= 0.6 is 0 Å². The Morgan fingerprint density at radius 2 is 1.12 bits per heavy atom. The summed E-state index contributed by atoms with van der Waals surface area (Å²) in [6, 6.07) is 15.4. The molecule has 0 aliphatic rings. The highest BCUT2D eigenvalue weighted by Crippen LogP contribution is 2.30. The van der Waals surface area contributed by atoms with E-state index in [-0.39, 0.29) is 11.6 Å². The Labute approximate surface area is 139 Å². The van der Waals surface area contributed by atoms with Gasteiger partial charge in [0, 0.05) is 23.5 Å². The molecule has 4 aromatic rings. The van der Waals surface area contributed by atoms with Crippen molar-refractivity contribution in [2.24, 2.45) is 0 Å². The first-order valence-electron chi connectivity index (χ1n) is 7.80. The van der Waals surface area contributed by atoms with Gasteiger partial charge in [0.1, 0.15) is 0 Å². The largest absolute Gasteiger partial charge is 0.314 e. The van der Waals surface area contributed by atoms with Crippen molar-refractivity contribution in [1.29, 1.82) is 0 Å². The average Bonchev–Trinajstić information content (AvgIpc) is 3.13. The molecule has 0 fully saturated rings. The fourth-order valence-corrected chi connectivity index (χ4v) is 3.26. The van der Waals surface area contributed by atoms with E-state index in [4.69, 9.17) is 0 Å². The Morgan fingerprint density at radius 3 is 1.50 bits per heavy atom. The number of aromatic nitrogens is 2. The van der Waals surface area contributed by atoms with Gasteiger partial charge in [-0.15, -0.1) is 0 Å². The molecule has 0 atom stereocenters. The van der Waals surface area contributed by atoms with Crippen molar-refractivity contribution in [1.82, 2.24) is 8.80 Å². The van der Waals surface area contributed by atoms with Gasteiger partial charge in [-0.05, 0) is 50.2 Å². The Bertz CT molecular complexity index is 1030. The number of Topliss-reactive ketones (excluding diaryl/α,β-unsaturated/α-hetero) is 2. The molecular weight excluding hydrogens is 300 g/mol. The summed E-state index contributed by atoms with van der Waals surface area (Å²) in [6.45, 7) is 3.15. The highest BCUT2D eigenvalue weighted by molar-refractivity contribution is 6.05. The summed E-state index contributed by atoms with van der Waals surface area (Å²) >= 11 is 0. The molecule has 0 radical (unpaired) electrons. The predicted molar refractivity (Wildman–Crippen MR) is 93.8 cm³/mol. The van der Waals surface area contributed by atoms with Crippen molar-refractivity contribution in [3.63, 3.8) is 0 Å². The number of rotatable bonds is 3. The third-order valence-corrected chi connectivity index (χ3v) is 4.37. The summed E-state index contributed by atoms with van der Waals surface area (Å²) in [6.07, 6.45) is 3.87. The van der Waals surface area contributed by atoms with Crippen LogP contribution in [0.5, 0.6) is 0 Å². The third kappa shape index (κ3) is 2.00. The number of fused-ring (bicyclic) bond motifs is 2. The maximum atomic E-state index is 12.0. The molecule has 4 heteroatoms. The summed E-state index contributed by atoms with van der Waals surface area (Å²) in [5, 5.41) is 0. The fraction of sp³-hybridized carbons (Fsp3) is 0.100. The molecule has 4 aromatic heterocycles. The molecule has 0 aromatic carbocycles. The molecule has 0 spiro atoms. The first kappa shape index (κ1) is 14.5. The second-order valence-corrected chi connectivity index (χ2v) is 5.91. The molecule has 4 nitrogen and oxygen atoms in total. The molecule has 0 unspecified atom stereocenters. The van der Waals surface area contributed by atoms with E-state index in [2.05, 4.69) is 0 Å². The lowest BCUT2D eigenvalue weighted by molar-refractivity contribution is 0.101. The van der Waals surface area contributed by atoms with E-state index in [9.17, 15) is 9.59 Å². The van der Waals surface area contributed by atoms with Crippen molar-refractivity contribution >= 4 is 22.6 Å². The Balaban J connectivity index is 2.11. The first-order valence-corrected chi connectivity index (χ1v) is 7.80. The number of ketones is 2. The van der Waals surface area contributed by atoms with Crippen molar-refractivity contribution in [2.75, 3.05) is 0 Å². The summed E-state index contributed by atoms with van der Waals surface area (Å²) in [5.41, 5.74) is 4.89. The minimum Gasteiger partial charge on any atom is -0.314 e. The maximum absolute atomic E-state index is 12.0.